The highest BCUT2D eigenvalue weighted by Gasteiger charge is 2.48. The molecule has 4 heteroatoms. The summed E-state index contributed by atoms with van der Waals surface area (Å²) in [5.41, 5.74) is 3.00. The number of rotatable bonds is 6. The van der Waals surface area contributed by atoms with Gasteiger partial charge in [0.1, 0.15) is 5.65 Å². The largest absolute Gasteiger partial charge is 0.388 e. The molecular weight excluding hydrogens is 286 g/mol. The zero-order valence-electron chi connectivity index (χ0n) is 13.0. The van der Waals surface area contributed by atoms with E-state index in [0.717, 1.165) is 42.8 Å². The first-order chi connectivity index (χ1) is 11.3. The summed E-state index contributed by atoms with van der Waals surface area (Å²) >= 11 is 0. The van der Waals surface area contributed by atoms with E-state index >= 15 is 0 Å². The number of imidazole rings is 1. The number of aliphatic hydroxyl groups excluding tert-OH is 1. The minimum absolute atomic E-state index is 0.0134. The van der Waals surface area contributed by atoms with Crippen LogP contribution in [0.5, 0.6) is 0 Å². The van der Waals surface area contributed by atoms with E-state index in [-0.39, 0.29) is 5.41 Å². The van der Waals surface area contributed by atoms with Gasteiger partial charge in [0.05, 0.1) is 11.8 Å². The molecule has 3 aromatic rings. The third-order valence-corrected chi connectivity index (χ3v) is 4.78. The van der Waals surface area contributed by atoms with Crippen molar-refractivity contribution in [2.75, 3.05) is 6.54 Å². The summed E-state index contributed by atoms with van der Waals surface area (Å²) < 4.78 is 2.03. The summed E-state index contributed by atoms with van der Waals surface area (Å²) in [7, 11) is 0. The number of fused-ring (bicyclic) bond motifs is 1. The Hall–Kier alpha value is -2.17. The molecule has 2 aromatic heterocycles. The molecule has 0 amide bonds. The highest BCUT2D eigenvalue weighted by molar-refractivity contribution is 5.39. The van der Waals surface area contributed by atoms with Crippen LogP contribution in [-0.4, -0.2) is 21.0 Å². The van der Waals surface area contributed by atoms with Crippen molar-refractivity contribution in [3.63, 3.8) is 0 Å². The maximum atomic E-state index is 10.7. The second-order valence-corrected chi connectivity index (χ2v) is 6.48. The summed E-state index contributed by atoms with van der Waals surface area (Å²) in [5.74, 6) is 0. The van der Waals surface area contributed by atoms with Crippen LogP contribution >= 0.6 is 0 Å². The van der Waals surface area contributed by atoms with Crippen molar-refractivity contribution in [2.24, 2.45) is 5.41 Å². The van der Waals surface area contributed by atoms with Gasteiger partial charge in [-0.3, -0.25) is 0 Å². The molecule has 1 saturated carbocycles. The van der Waals surface area contributed by atoms with Crippen molar-refractivity contribution >= 4 is 5.65 Å². The number of pyridine rings is 1. The monoisotopic (exact) mass is 307 g/mol. The molecular formula is C19H21N3O. The predicted octanol–water partition coefficient (Wildman–Crippen LogP) is 2.94. The van der Waals surface area contributed by atoms with E-state index in [0.29, 0.717) is 0 Å². The number of aromatic nitrogens is 2. The zero-order valence-corrected chi connectivity index (χ0v) is 13.0. The minimum Gasteiger partial charge on any atom is -0.388 e. The molecule has 4 rings (SSSR count). The van der Waals surface area contributed by atoms with Crippen LogP contribution in [0.1, 0.15) is 30.2 Å². The van der Waals surface area contributed by atoms with Gasteiger partial charge in [-0.05, 0) is 30.5 Å². The fourth-order valence-electron chi connectivity index (χ4n) is 3.21. The Morgan fingerprint density at radius 2 is 1.91 bits per heavy atom. The second kappa shape index (κ2) is 5.80. The van der Waals surface area contributed by atoms with Crippen molar-refractivity contribution in [2.45, 2.75) is 25.5 Å². The molecule has 2 N–H and O–H groups in total. The van der Waals surface area contributed by atoms with E-state index in [1.165, 1.54) is 0 Å². The van der Waals surface area contributed by atoms with Gasteiger partial charge in [-0.2, -0.15) is 0 Å². The van der Waals surface area contributed by atoms with Gasteiger partial charge in [-0.15, -0.1) is 0 Å². The highest BCUT2D eigenvalue weighted by atomic mass is 16.3. The Morgan fingerprint density at radius 3 is 2.65 bits per heavy atom. The molecule has 23 heavy (non-hydrogen) atoms. The van der Waals surface area contributed by atoms with Gasteiger partial charge >= 0.3 is 0 Å². The molecule has 1 atom stereocenters. The van der Waals surface area contributed by atoms with Crippen LogP contribution in [0.4, 0.5) is 0 Å². The smallest absolute Gasteiger partial charge is 0.137 e. The molecule has 0 spiro atoms. The van der Waals surface area contributed by atoms with Crippen molar-refractivity contribution in [1.29, 1.82) is 0 Å². The molecule has 4 nitrogen and oxygen atoms in total. The average molecular weight is 307 g/mol. The lowest BCUT2D eigenvalue weighted by Gasteiger charge is -2.23. The molecule has 1 aromatic carbocycles. The van der Waals surface area contributed by atoms with Crippen molar-refractivity contribution in [3.05, 3.63) is 72.2 Å². The Balaban J connectivity index is 1.39. The molecule has 2 heterocycles. The number of hydrogen-bond acceptors (Lipinski definition) is 3. The first-order valence-corrected chi connectivity index (χ1v) is 8.13. The Labute approximate surface area is 135 Å². The summed E-state index contributed by atoms with van der Waals surface area (Å²) in [6.07, 6.45) is 5.81. The van der Waals surface area contributed by atoms with Gasteiger partial charge in [-0.25, -0.2) is 4.98 Å². The molecule has 1 aliphatic rings. The van der Waals surface area contributed by atoms with Crippen LogP contribution in [0.2, 0.25) is 0 Å². The Morgan fingerprint density at radius 1 is 1.13 bits per heavy atom. The lowest BCUT2D eigenvalue weighted by atomic mass is 9.92. The van der Waals surface area contributed by atoms with Crippen LogP contribution in [0.15, 0.2) is 60.9 Å². The molecule has 1 unspecified atom stereocenters. The number of benzene rings is 1. The van der Waals surface area contributed by atoms with E-state index in [1.54, 1.807) is 0 Å². The maximum absolute atomic E-state index is 10.7. The van der Waals surface area contributed by atoms with Crippen LogP contribution in [-0.2, 0) is 6.54 Å². The van der Waals surface area contributed by atoms with Gasteiger partial charge < -0.3 is 14.8 Å². The van der Waals surface area contributed by atoms with Gasteiger partial charge in [0.2, 0.25) is 0 Å². The second-order valence-electron chi connectivity index (χ2n) is 6.48. The molecule has 1 aliphatic carbocycles. The summed E-state index contributed by atoms with van der Waals surface area (Å²) in [4.78, 5) is 4.59. The standard InChI is InChI=1S/C19H21N3O/c23-18(15-6-2-1-3-7-15)19(9-10-19)14-20-12-16-13-22-11-5-4-8-17(22)21-16/h1-8,11,13,18,20,23H,9-10,12,14H2. The number of nitrogens with zero attached hydrogens (tertiary/aromatic N) is 2. The molecule has 0 bridgehead atoms. The number of hydrogen-bond donors (Lipinski definition) is 2. The summed E-state index contributed by atoms with van der Waals surface area (Å²) in [5, 5.41) is 14.1. The fourth-order valence-corrected chi connectivity index (χ4v) is 3.21. The lowest BCUT2D eigenvalue weighted by molar-refractivity contribution is 0.0917. The third kappa shape index (κ3) is 2.87. The van der Waals surface area contributed by atoms with E-state index in [9.17, 15) is 5.11 Å². The maximum Gasteiger partial charge on any atom is 0.137 e. The van der Waals surface area contributed by atoms with Crippen LogP contribution in [0.25, 0.3) is 5.65 Å². The first kappa shape index (κ1) is 14.4. The molecule has 0 saturated heterocycles. The molecule has 118 valence electrons. The average Bonchev–Trinajstić information content (AvgIpc) is 3.26. The fraction of sp³-hybridized carbons (Fsp3) is 0.316. The van der Waals surface area contributed by atoms with E-state index < -0.39 is 6.10 Å². The van der Waals surface area contributed by atoms with Gasteiger partial charge in [0.15, 0.2) is 0 Å². The summed E-state index contributed by atoms with van der Waals surface area (Å²) in [6, 6.07) is 16.0. The van der Waals surface area contributed by atoms with Crippen molar-refractivity contribution < 1.29 is 5.11 Å². The zero-order chi connectivity index (χ0) is 15.7. The lowest BCUT2D eigenvalue weighted by Crippen LogP contribution is -2.28. The highest BCUT2D eigenvalue weighted by Crippen LogP contribution is 2.54. The first-order valence-electron chi connectivity index (χ1n) is 8.13. The normalized spacial score (nSPS) is 17.3. The number of aliphatic hydroxyl groups is 1. The SMILES string of the molecule is OC(c1ccccc1)C1(CNCc2cn3ccccc3n2)CC1. The van der Waals surface area contributed by atoms with E-state index in [4.69, 9.17) is 0 Å². The van der Waals surface area contributed by atoms with Gasteiger partial charge in [-0.1, -0.05) is 36.4 Å². The van der Waals surface area contributed by atoms with Crippen molar-refractivity contribution in [1.82, 2.24) is 14.7 Å². The molecule has 0 radical (unpaired) electrons. The molecule has 1 fully saturated rings. The van der Waals surface area contributed by atoms with E-state index in [2.05, 4.69) is 16.5 Å². The van der Waals surface area contributed by atoms with Crippen LogP contribution in [0.3, 0.4) is 0 Å². The quantitative estimate of drug-likeness (QED) is 0.736. The Bertz CT molecular complexity index is 759. The molecule has 0 aliphatic heterocycles. The predicted molar refractivity (Wildman–Crippen MR) is 90.0 cm³/mol. The van der Waals surface area contributed by atoms with Gasteiger partial charge in [0, 0.05) is 30.9 Å². The topological polar surface area (TPSA) is 49.6 Å². The number of nitrogens with one attached hydrogen (secondary N) is 1. The van der Waals surface area contributed by atoms with Crippen molar-refractivity contribution in [3.8, 4) is 0 Å². The van der Waals surface area contributed by atoms with Crippen LogP contribution in [0, 0.1) is 5.41 Å². The third-order valence-electron chi connectivity index (χ3n) is 4.78. The summed E-state index contributed by atoms with van der Waals surface area (Å²) in [6.45, 7) is 1.54. The van der Waals surface area contributed by atoms with Crippen LogP contribution < -0.4 is 5.32 Å². The minimum atomic E-state index is -0.391. The van der Waals surface area contributed by atoms with E-state index in [1.807, 2.05) is 59.1 Å². The van der Waals surface area contributed by atoms with Gasteiger partial charge in [0.25, 0.3) is 0 Å². The Kier molecular flexibility index (Phi) is 3.63.